The van der Waals surface area contributed by atoms with E-state index in [2.05, 4.69) is 6.92 Å². The molecule has 282 valence electrons. The van der Waals surface area contributed by atoms with E-state index in [1.54, 1.807) is 12.1 Å². The highest BCUT2D eigenvalue weighted by atomic mass is 19.4. The van der Waals surface area contributed by atoms with Crippen molar-refractivity contribution in [3.63, 3.8) is 0 Å². The van der Waals surface area contributed by atoms with Crippen LogP contribution in [0.25, 0.3) is 0 Å². The molecule has 0 bridgehead atoms. The molecule has 49 heavy (non-hydrogen) atoms. The van der Waals surface area contributed by atoms with Crippen LogP contribution in [-0.2, 0) is 6.42 Å². The summed E-state index contributed by atoms with van der Waals surface area (Å²) in [5, 5.41) is 21.8. The normalized spacial score (nSPS) is 30.7. The molecule has 3 aliphatic rings. The van der Waals surface area contributed by atoms with Gasteiger partial charge in [0.05, 0.1) is 5.60 Å². The van der Waals surface area contributed by atoms with E-state index in [9.17, 15) is 49.7 Å². The fraction of sp³-hybridized carbons (Fsp3) is 0.833. The van der Waals surface area contributed by atoms with Crippen LogP contribution in [0.4, 0.5) is 43.9 Å². The zero-order chi connectivity index (χ0) is 36.6. The fourth-order valence-electron chi connectivity index (χ4n) is 9.46. The van der Waals surface area contributed by atoms with Crippen LogP contribution < -0.4 is 0 Å². The number of phenols is 1. The summed E-state index contributed by atoms with van der Waals surface area (Å²) >= 11 is 0. The largest absolute Gasteiger partial charge is 0.508 e. The predicted octanol–water partition coefficient (Wildman–Crippen LogP) is 10.5. The number of phenolic OH excluding ortho intramolecular Hbond substituents is 1. The molecule has 0 saturated heterocycles. The number of fused-ring (bicyclic) bond motifs is 5. The van der Waals surface area contributed by atoms with Crippen molar-refractivity contribution in [3.8, 4) is 5.75 Å². The lowest BCUT2D eigenvalue weighted by atomic mass is 9.49. The van der Waals surface area contributed by atoms with E-state index in [4.69, 9.17) is 0 Å². The molecule has 0 amide bonds. The maximum atomic E-state index is 16.2. The van der Waals surface area contributed by atoms with Gasteiger partial charge < -0.3 is 15.1 Å². The highest BCUT2D eigenvalue weighted by molar-refractivity contribution is 5.42. The maximum absolute atomic E-state index is 16.2. The van der Waals surface area contributed by atoms with Crippen molar-refractivity contribution < 1.29 is 54.1 Å². The average molecular weight is 720 g/mol. The van der Waals surface area contributed by atoms with Crippen LogP contribution in [0.15, 0.2) is 18.2 Å². The van der Waals surface area contributed by atoms with Gasteiger partial charge in [0.25, 0.3) is 0 Å². The average Bonchev–Trinajstić information content (AvgIpc) is 3.27. The monoisotopic (exact) mass is 719 g/mol. The van der Waals surface area contributed by atoms with E-state index in [-0.39, 0.29) is 35.8 Å². The van der Waals surface area contributed by atoms with Crippen LogP contribution in [0.5, 0.6) is 5.75 Å². The molecule has 0 radical (unpaired) electrons. The molecule has 2 N–H and O–H groups in total. The quantitative estimate of drug-likeness (QED) is 0.132. The molecule has 3 aliphatic carbocycles. The Morgan fingerprint density at radius 1 is 0.878 bits per heavy atom. The summed E-state index contributed by atoms with van der Waals surface area (Å²) in [6.07, 6.45) is -2.65. The molecule has 1 aromatic carbocycles. The third-order valence-electron chi connectivity index (χ3n) is 12.3. The molecule has 3 nitrogen and oxygen atoms in total. The molecule has 0 aliphatic heterocycles. The first kappa shape index (κ1) is 40.0. The van der Waals surface area contributed by atoms with Crippen molar-refractivity contribution in [1.29, 1.82) is 0 Å². The molecule has 2 saturated carbocycles. The minimum absolute atomic E-state index is 0.0169. The van der Waals surface area contributed by atoms with E-state index in [0.717, 1.165) is 56.2 Å². The van der Waals surface area contributed by atoms with Crippen molar-refractivity contribution in [1.82, 2.24) is 4.90 Å². The Balaban J connectivity index is 1.22. The van der Waals surface area contributed by atoms with Crippen LogP contribution in [-0.4, -0.2) is 71.0 Å². The number of halogens is 10. The summed E-state index contributed by atoms with van der Waals surface area (Å²) in [5.41, 5.74) is 0.603. The molecule has 2 fully saturated rings. The van der Waals surface area contributed by atoms with Gasteiger partial charge in [0.2, 0.25) is 0 Å². The van der Waals surface area contributed by atoms with E-state index in [1.807, 2.05) is 24.9 Å². The minimum Gasteiger partial charge on any atom is -0.508 e. The smallest absolute Gasteiger partial charge is 0.460 e. The first-order valence-corrected chi connectivity index (χ1v) is 17.7. The third kappa shape index (κ3) is 7.58. The van der Waals surface area contributed by atoms with Gasteiger partial charge in [-0.3, -0.25) is 0 Å². The van der Waals surface area contributed by atoms with E-state index < -0.39 is 54.0 Å². The molecule has 0 aromatic heterocycles. The number of rotatable bonds is 16. The number of benzene rings is 1. The Morgan fingerprint density at radius 2 is 1.49 bits per heavy atom. The fourth-order valence-corrected chi connectivity index (χ4v) is 9.46. The molecule has 7 unspecified atom stereocenters. The minimum atomic E-state index is -6.84. The Kier molecular flexibility index (Phi) is 12.0. The highest BCUT2D eigenvalue weighted by Gasteiger charge is 2.81. The lowest BCUT2D eigenvalue weighted by molar-refractivity contribution is -0.396. The third-order valence-corrected chi connectivity index (χ3v) is 12.3. The summed E-state index contributed by atoms with van der Waals surface area (Å²) in [4.78, 5) is 2.03. The molecular weight excluding hydrogens is 668 g/mol. The lowest BCUT2D eigenvalue weighted by Crippen LogP contribution is -2.60. The second-order valence-corrected chi connectivity index (χ2v) is 15.3. The van der Waals surface area contributed by atoms with Crippen molar-refractivity contribution >= 4 is 0 Å². The van der Waals surface area contributed by atoms with Crippen LogP contribution in [0.1, 0.15) is 114 Å². The second-order valence-electron chi connectivity index (χ2n) is 15.3. The van der Waals surface area contributed by atoms with Gasteiger partial charge >= 0.3 is 23.9 Å². The summed E-state index contributed by atoms with van der Waals surface area (Å²) in [7, 11) is 1.88. The summed E-state index contributed by atoms with van der Waals surface area (Å²) in [5.74, 6) is -18.5. The van der Waals surface area contributed by atoms with Crippen molar-refractivity contribution in [2.24, 2.45) is 23.2 Å². The Bertz CT molecular complexity index is 1260. The standard InChI is InChI=1S/C36H51F10NO2/c1-4-32(49)17-15-27-29-23(20-24-21-25(48)13-14-26(24)30(29)28(37)22-31(27,32)2)12-8-7-11-19-47(3)18-10-6-5-9-16-33(38,39)34(40,41)35(42,43)36(44,45)46/h13-14,21,23,27-30,48-49H,4-12,15-20,22H2,1-3H3. The zero-order valence-electron chi connectivity index (χ0n) is 28.6. The van der Waals surface area contributed by atoms with Gasteiger partial charge in [-0.1, -0.05) is 45.6 Å². The van der Waals surface area contributed by atoms with Crippen LogP contribution in [0.2, 0.25) is 0 Å². The number of hydrogen-bond acceptors (Lipinski definition) is 3. The van der Waals surface area contributed by atoms with Gasteiger partial charge in [0.1, 0.15) is 11.9 Å². The number of unbranched alkanes of at least 4 members (excludes halogenated alkanes) is 5. The molecule has 0 spiro atoms. The maximum Gasteiger partial charge on any atom is 0.460 e. The molecule has 13 heteroatoms. The van der Waals surface area contributed by atoms with E-state index in [0.29, 0.717) is 38.6 Å². The van der Waals surface area contributed by atoms with Crippen LogP contribution in [0.3, 0.4) is 0 Å². The second kappa shape index (κ2) is 14.7. The number of aliphatic hydroxyl groups is 1. The Morgan fingerprint density at radius 3 is 2.10 bits per heavy atom. The first-order chi connectivity index (χ1) is 22.6. The summed E-state index contributed by atoms with van der Waals surface area (Å²) in [6.45, 7) is 5.36. The van der Waals surface area contributed by atoms with Gasteiger partial charge in [0.15, 0.2) is 0 Å². The zero-order valence-corrected chi connectivity index (χ0v) is 28.6. The molecule has 1 aromatic rings. The number of hydrogen-bond donors (Lipinski definition) is 2. The van der Waals surface area contributed by atoms with Crippen LogP contribution in [0, 0.1) is 23.2 Å². The Hall–Kier alpha value is -1.76. The van der Waals surface area contributed by atoms with Gasteiger partial charge in [-0.25, -0.2) is 4.39 Å². The van der Waals surface area contributed by atoms with Gasteiger partial charge in [0, 0.05) is 17.8 Å². The Labute approximate surface area is 282 Å². The van der Waals surface area contributed by atoms with Crippen molar-refractivity contribution in [2.45, 2.75) is 145 Å². The summed E-state index contributed by atoms with van der Waals surface area (Å²) in [6, 6.07) is 5.27. The lowest BCUT2D eigenvalue weighted by Gasteiger charge is -2.56. The topological polar surface area (TPSA) is 43.7 Å². The van der Waals surface area contributed by atoms with Crippen molar-refractivity contribution in [3.05, 3.63) is 29.3 Å². The highest BCUT2D eigenvalue weighted by Crippen LogP contribution is 2.67. The molecule has 7 atom stereocenters. The van der Waals surface area contributed by atoms with Crippen molar-refractivity contribution in [2.75, 3.05) is 20.1 Å². The predicted molar refractivity (Wildman–Crippen MR) is 167 cm³/mol. The molecule has 0 heterocycles. The number of nitrogens with zero attached hydrogens (tertiary/aromatic N) is 1. The van der Waals surface area contributed by atoms with Gasteiger partial charge in [-0.2, -0.15) is 39.5 Å². The van der Waals surface area contributed by atoms with E-state index >= 15 is 4.39 Å². The first-order valence-electron chi connectivity index (χ1n) is 17.7. The van der Waals surface area contributed by atoms with Gasteiger partial charge in [-0.05, 0) is 119 Å². The SMILES string of the molecule is CCC1(O)CCC2C3C(CCCCCN(C)CCCCCCC(F)(F)C(F)(F)C(F)(F)C(F)(F)F)Cc4cc(O)ccc4C3C(F)CC21C. The molecule has 4 rings (SSSR count). The summed E-state index contributed by atoms with van der Waals surface area (Å²) < 4.78 is 133. The number of aromatic hydroxyl groups is 1. The van der Waals surface area contributed by atoms with Crippen LogP contribution >= 0.6 is 0 Å². The van der Waals surface area contributed by atoms with E-state index in [1.165, 1.54) is 0 Å². The molecular formula is C36H51F10NO2. The van der Waals surface area contributed by atoms with Gasteiger partial charge in [-0.15, -0.1) is 0 Å². The number of alkyl halides is 10.